The Kier molecular flexibility index (Phi) is 9.44. The molecule has 0 saturated carbocycles. The van der Waals surface area contributed by atoms with Gasteiger partial charge in [0, 0.05) is 32.5 Å². The number of carbonyl (C=O) groups is 3. The molecule has 1 unspecified atom stereocenters. The van der Waals surface area contributed by atoms with Crippen molar-refractivity contribution >= 4 is 27.7 Å². The molecule has 3 amide bonds. The Bertz CT molecular complexity index is 1510. The molecule has 1 aliphatic rings. The molecule has 1 N–H and O–H groups in total. The number of carbonyl (C=O) groups excluding carboxylic acids is 3. The molecule has 0 bridgehead atoms. The molecule has 216 valence electrons. The second-order valence-corrected chi connectivity index (χ2v) is 12.2. The fourth-order valence-electron chi connectivity index (χ4n) is 4.74. The molecule has 1 heterocycles. The van der Waals surface area contributed by atoms with Crippen molar-refractivity contribution in [1.82, 2.24) is 14.5 Å². The largest absolute Gasteiger partial charge is 0.497 e. The summed E-state index contributed by atoms with van der Waals surface area (Å²) in [6, 6.07) is 21.7. The number of methoxy groups -OCH3 is 1. The monoisotopic (exact) mass is 577 g/mol. The van der Waals surface area contributed by atoms with Gasteiger partial charge in [-0.15, -0.1) is 0 Å². The minimum atomic E-state index is -4.07. The van der Waals surface area contributed by atoms with E-state index in [0.717, 1.165) is 15.4 Å². The summed E-state index contributed by atoms with van der Waals surface area (Å²) in [6.45, 7) is 4.15. The summed E-state index contributed by atoms with van der Waals surface area (Å²) in [5.74, 6) is -0.621. The topological polar surface area (TPSA) is 113 Å². The van der Waals surface area contributed by atoms with E-state index in [1.807, 2.05) is 50.2 Å². The van der Waals surface area contributed by atoms with Gasteiger partial charge in [0.2, 0.25) is 11.8 Å². The van der Waals surface area contributed by atoms with Crippen LogP contribution in [0.5, 0.6) is 5.75 Å². The lowest BCUT2D eigenvalue weighted by atomic mass is 10.0. The highest BCUT2D eigenvalue weighted by Gasteiger charge is 2.41. The SMILES string of the molecule is COc1cccc(CN(C(=O)CCN2C(=O)c3ccccc3S2(=O)=O)C(Cc2ccccc2)C(=O)NCC(C)C)c1. The number of rotatable bonds is 12. The van der Waals surface area contributed by atoms with Gasteiger partial charge < -0.3 is 15.0 Å². The third-order valence-electron chi connectivity index (χ3n) is 6.88. The quantitative estimate of drug-likeness (QED) is 0.352. The molecule has 9 nitrogen and oxygen atoms in total. The third kappa shape index (κ3) is 6.94. The van der Waals surface area contributed by atoms with Crippen molar-refractivity contribution in [3.63, 3.8) is 0 Å². The minimum absolute atomic E-state index is 0.0688. The molecule has 3 aromatic rings. The highest BCUT2D eigenvalue weighted by molar-refractivity contribution is 7.90. The van der Waals surface area contributed by atoms with E-state index >= 15 is 0 Å². The van der Waals surface area contributed by atoms with Crippen LogP contribution in [0.25, 0.3) is 0 Å². The Morgan fingerprint density at radius 1 is 0.951 bits per heavy atom. The fraction of sp³-hybridized carbons (Fsp3) is 0.323. The highest BCUT2D eigenvalue weighted by atomic mass is 32.2. The zero-order valence-corrected chi connectivity index (χ0v) is 24.3. The van der Waals surface area contributed by atoms with Crippen LogP contribution in [0, 0.1) is 5.92 Å². The molecule has 0 spiro atoms. The summed E-state index contributed by atoms with van der Waals surface area (Å²) in [7, 11) is -2.52. The predicted octanol–water partition coefficient (Wildman–Crippen LogP) is 3.64. The van der Waals surface area contributed by atoms with E-state index in [4.69, 9.17) is 4.74 Å². The zero-order valence-electron chi connectivity index (χ0n) is 23.4. The molecule has 1 aliphatic heterocycles. The number of nitrogens with zero attached hydrogens (tertiary/aromatic N) is 2. The van der Waals surface area contributed by atoms with Crippen LogP contribution in [0.1, 0.15) is 41.8 Å². The van der Waals surface area contributed by atoms with Gasteiger partial charge in [-0.2, -0.15) is 0 Å². The van der Waals surface area contributed by atoms with Gasteiger partial charge in [0.05, 0.1) is 12.7 Å². The molecule has 0 saturated heterocycles. The van der Waals surface area contributed by atoms with E-state index in [2.05, 4.69) is 5.32 Å². The van der Waals surface area contributed by atoms with Gasteiger partial charge in [0.15, 0.2) is 0 Å². The van der Waals surface area contributed by atoms with E-state index in [0.29, 0.717) is 12.3 Å². The normalized spacial score (nSPS) is 14.4. The van der Waals surface area contributed by atoms with E-state index in [1.54, 1.807) is 37.4 Å². The molecule has 0 fully saturated rings. The maximum atomic E-state index is 13.9. The summed E-state index contributed by atoms with van der Waals surface area (Å²) in [5, 5.41) is 2.96. The smallest absolute Gasteiger partial charge is 0.269 e. The van der Waals surface area contributed by atoms with Crippen LogP contribution in [0.15, 0.2) is 83.8 Å². The van der Waals surface area contributed by atoms with E-state index in [-0.39, 0.29) is 48.2 Å². The highest BCUT2D eigenvalue weighted by Crippen LogP contribution is 2.30. The standard InChI is InChI=1S/C31H35N3O6S/c1-22(2)20-32-30(36)27(19-23-10-5-4-6-11-23)33(21-24-12-9-13-25(18-24)40-3)29(35)16-17-34-31(37)26-14-7-8-15-28(26)41(34,38)39/h4-15,18,22,27H,16-17,19-21H2,1-3H3,(H,32,36). The molecule has 0 radical (unpaired) electrons. The first-order valence-corrected chi connectivity index (χ1v) is 15.0. The molecule has 0 aromatic heterocycles. The third-order valence-corrected chi connectivity index (χ3v) is 8.72. The maximum absolute atomic E-state index is 13.9. The maximum Gasteiger partial charge on any atom is 0.269 e. The summed E-state index contributed by atoms with van der Waals surface area (Å²) < 4.78 is 32.2. The first kappa shape index (κ1) is 29.8. The lowest BCUT2D eigenvalue weighted by Gasteiger charge is -2.32. The number of benzene rings is 3. The summed E-state index contributed by atoms with van der Waals surface area (Å²) in [4.78, 5) is 41.8. The Morgan fingerprint density at radius 2 is 1.63 bits per heavy atom. The van der Waals surface area contributed by atoms with Crippen molar-refractivity contribution in [2.75, 3.05) is 20.2 Å². The molecular formula is C31H35N3O6S. The van der Waals surface area contributed by atoms with Crippen LogP contribution in [0.4, 0.5) is 0 Å². The van der Waals surface area contributed by atoms with E-state index in [9.17, 15) is 22.8 Å². The molecule has 1 atom stereocenters. The average molecular weight is 578 g/mol. The van der Waals surface area contributed by atoms with Crippen LogP contribution in [-0.4, -0.2) is 61.6 Å². The number of nitrogens with one attached hydrogen (secondary N) is 1. The number of amides is 3. The molecule has 3 aromatic carbocycles. The predicted molar refractivity (Wildman–Crippen MR) is 155 cm³/mol. The second-order valence-electron chi connectivity index (χ2n) is 10.3. The van der Waals surface area contributed by atoms with Gasteiger partial charge in [-0.25, -0.2) is 12.7 Å². The van der Waals surface area contributed by atoms with Crippen molar-refractivity contribution in [2.45, 2.75) is 44.2 Å². The fourth-order valence-corrected chi connectivity index (χ4v) is 6.31. The number of sulfonamides is 1. The van der Waals surface area contributed by atoms with Crippen molar-refractivity contribution in [3.8, 4) is 5.75 Å². The van der Waals surface area contributed by atoms with Gasteiger partial charge in [0.1, 0.15) is 16.7 Å². The number of fused-ring (bicyclic) bond motifs is 1. The molecule has 4 rings (SSSR count). The lowest BCUT2D eigenvalue weighted by Crippen LogP contribution is -2.51. The Morgan fingerprint density at radius 3 is 2.32 bits per heavy atom. The molecular weight excluding hydrogens is 542 g/mol. The van der Waals surface area contributed by atoms with Crippen molar-refractivity contribution in [1.29, 1.82) is 0 Å². The molecule has 0 aliphatic carbocycles. The molecule has 10 heteroatoms. The first-order valence-electron chi connectivity index (χ1n) is 13.5. The van der Waals surface area contributed by atoms with Gasteiger partial charge in [-0.3, -0.25) is 14.4 Å². The van der Waals surface area contributed by atoms with Gasteiger partial charge in [0.25, 0.3) is 15.9 Å². The van der Waals surface area contributed by atoms with Crippen molar-refractivity contribution in [2.24, 2.45) is 5.92 Å². The summed E-state index contributed by atoms with van der Waals surface area (Å²) in [6.07, 6.45) is -0.0292. The summed E-state index contributed by atoms with van der Waals surface area (Å²) in [5.41, 5.74) is 1.70. The zero-order chi connectivity index (χ0) is 29.6. The van der Waals surface area contributed by atoms with Crippen LogP contribution >= 0.6 is 0 Å². The van der Waals surface area contributed by atoms with Crippen molar-refractivity contribution < 1.29 is 27.5 Å². The van der Waals surface area contributed by atoms with Crippen LogP contribution in [0.2, 0.25) is 0 Å². The number of hydrogen-bond acceptors (Lipinski definition) is 6. The van der Waals surface area contributed by atoms with E-state index < -0.39 is 27.9 Å². The van der Waals surface area contributed by atoms with Crippen molar-refractivity contribution in [3.05, 3.63) is 95.6 Å². The molecule has 41 heavy (non-hydrogen) atoms. The Labute approximate surface area is 241 Å². The van der Waals surface area contributed by atoms with Gasteiger partial charge >= 0.3 is 0 Å². The van der Waals surface area contributed by atoms with Gasteiger partial charge in [-0.1, -0.05) is 68.4 Å². The summed E-state index contributed by atoms with van der Waals surface area (Å²) >= 11 is 0. The average Bonchev–Trinajstić information content (AvgIpc) is 3.17. The number of ether oxygens (including phenoxy) is 1. The lowest BCUT2D eigenvalue weighted by molar-refractivity contribution is -0.141. The second kappa shape index (κ2) is 13.0. The first-order chi connectivity index (χ1) is 19.6. The minimum Gasteiger partial charge on any atom is -0.497 e. The Hall–Kier alpha value is -4.18. The van der Waals surface area contributed by atoms with Crippen LogP contribution in [-0.2, 0) is 32.6 Å². The van der Waals surface area contributed by atoms with E-state index in [1.165, 1.54) is 17.0 Å². The van der Waals surface area contributed by atoms with Crippen LogP contribution in [0.3, 0.4) is 0 Å². The Balaban J connectivity index is 1.64. The number of hydrogen-bond donors (Lipinski definition) is 1. The van der Waals surface area contributed by atoms with Crippen LogP contribution < -0.4 is 10.1 Å². The van der Waals surface area contributed by atoms with Gasteiger partial charge in [-0.05, 0) is 41.3 Å².